The van der Waals surface area contributed by atoms with Crippen molar-refractivity contribution in [1.29, 1.82) is 0 Å². The van der Waals surface area contributed by atoms with E-state index < -0.39 is 5.72 Å². The normalized spacial score (nSPS) is 14.4. The van der Waals surface area contributed by atoms with Crippen molar-refractivity contribution in [3.8, 4) is 5.75 Å². The fraction of sp³-hybridized carbons (Fsp3) is 0.350. The van der Waals surface area contributed by atoms with Gasteiger partial charge in [0.1, 0.15) is 11.5 Å². The number of ether oxygens (including phenoxy) is 2. The molecule has 0 aromatic heterocycles. The lowest BCUT2D eigenvalue weighted by Crippen LogP contribution is -2.39. The molecule has 2 atom stereocenters. The number of hydrogen-bond acceptors (Lipinski definition) is 5. The van der Waals surface area contributed by atoms with Crippen LogP contribution in [0, 0.1) is 12.8 Å². The Morgan fingerprint density at radius 3 is 2.65 bits per heavy atom. The Bertz CT molecular complexity index is 776. The lowest BCUT2D eigenvalue weighted by atomic mass is 9.93. The molecular formula is C20H24ClNO4. The zero-order chi connectivity index (χ0) is 19.3. The summed E-state index contributed by atoms with van der Waals surface area (Å²) < 4.78 is 10.5. The minimum atomic E-state index is -1.49. The third-order valence-electron chi connectivity index (χ3n) is 4.10. The predicted molar refractivity (Wildman–Crippen MR) is 101 cm³/mol. The first-order chi connectivity index (χ1) is 12.2. The largest absolute Gasteiger partial charge is 0.493 e. The molecule has 0 aliphatic heterocycles. The molecule has 2 aromatic carbocycles. The van der Waals surface area contributed by atoms with Gasteiger partial charge in [-0.2, -0.15) is 0 Å². The van der Waals surface area contributed by atoms with Gasteiger partial charge in [-0.25, -0.2) is 4.79 Å². The van der Waals surface area contributed by atoms with Crippen molar-refractivity contribution in [2.45, 2.75) is 26.0 Å². The predicted octanol–water partition coefficient (Wildman–Crippen LogP) is 3.64. The molecule has 0 heterocycles. The van der Waals surface area contributed by atoms with Crippen LogP contribution in [0.4, 0.5) is 0 Å². The van der Waals surface area contributed by atoms with Gasteiger partial charge in [-0.15, -0.1) is 0 Å². The van der Waals surface area contributed by atoms with Crippen LogP contribution in [-0.4, -0.2) is 24.8 Å². The quantitative estimate of drug-likeness (QED) is 0.568. The molecule has 2 rings (SSSR count). The van der Waals surface area contributed by atoms with Gasteiger partial charge < -0.3 is 14.6 Å². The average molecular weight is 378 g/mol. The molecule has 3 N–H and O–H groups in total. The summed E-state index contributed by atoms with van der Waals surface area (Å²) in [6.07, 6.45) is 0.312. The van der Waals surface area contributed by atoms with Crippen LogP contribution in [0.15, 0.2) is 42.5 Å². The van der Waals surface area contributed by atoms with Crippen LogP contribution < -0.4 is 10.5 Å². The van der Waals surface area contributed by atoms with Crippen molar-refractivity contribution in [2.75, 3.05) is 13.7 Å². The van der Waals surface area contributed by atoms with Crippen LogP contribution in [-0.2, 0) is 10.5 Å². The van der Waals surface area contributed by atoms with Crippen LogP contribution in [0.5, 0.6) is 5.75 Å². The molecule has 0 amide bonds. The van der Waals surface area contributed by atoms with Crippen molar-refractivity contribution in [3.63, 3.8) is 0 Å². The molecule has 140 valence electrons. The zero-order valence-corrected chi connectivity index (χ0v) is 15.9. The third-order valence-corrected chi connectivity index (χ3v) is 4.34. The zero-order valence-electron chi connectivity index (χ0n) is 15.2. The number of carbonyl (C=O) groups excluding carboxylic acids is 1. The molecule has 5 nitrogen and oxygen atoms in total. The van der Waals surface area contributed by atoms with E-state index in [4.69, 9.17) is 26.8 Å². The monoisotopic (exact) mass is 377 g/mol. The maximum absolute atomic E-state index is 11.5. The summed E-state index contributed by atoms with van der Waals surface area (Å²) in [5.74, 6) is 0.277. The minimum Gasteiger partial charge on any atom is -0.493 e. The molecule has 0 aliphatic rings. The average Bonchev–Trinajstić information content (AvgIpc) is 2.59. The maximum atomic E-state index is 11.5. The highest BCUT2D eigenvalue weighted by Crippen LogP contribution is 2.27. The van der Waals surface area contributed by atoms with Gasteiger partial charge >= 0.3 is 5.97 Å². The van der Waals surface area contributed by atoms with Crippen molar-refractivity contribution in [3.05, 3.63) is 64.2 Å². The topological polar surface area (TPSA) is 81.8 Å². The van der Waals surface area contributed by atoms with Gasteiger partial charge in [0.2, 0.25) is 0 Å². The van der Waals surface area contributed by atoms with E-state index in [0.29, 0.717) is 34.9 Å². The molecule has 0 fully saturated rings. The number of methoxy groups -OCH3 is 1. The molecule has 0 spiro atoms. The molecule has 0 saturated carbocycles. The molecule has 0 bridgehead atoms. The van der Waals surface area contributed by atoms with Crippen LogP contribution in [0.25, 0.3) is 0 Å². The van der Waals surface area contributed by atoms with E-state index in [1.807, 2.05) is 13.8 Å². The van der Waals surface area contributed by atoms with E-state index in [0.717, 1.165) is 5.56 Å². The first kappa shape index (κ1) is 20.2. The van der Waals surface area contributed by atoms with Gasteiger partial charge in [0.05, 0.1) is 19.3 Å². The fourth-order valence-electron chi connectivity index (χ4n) is 2.75. The number of esters is 1. The van der Waals surface area contributed by atoms with Gasteiger partial charge in [-0.05, 0) is 60.7 Å². The number of halogens is 1. The summed E-state index contributed by atoms with van der Waals surface area (Å²) in [6.45, 7) is 4.18. The van der Waals surface area contributed by atoms with Crippen LogP contribution >= 0.6 is 11.6 Å². The maximum Gasteiger partial charge on any atom is 0.337 e. The summed E-state index contributed by atoms with van der Waals surface area (Å²) in [7, 11) is 1.34. The Morgan fingerprint density at radius 2 is 2.04 bits per heavy atom. The number of carbonyl (C=O) groups is 1. The summed E-state index contributed by atoms with van der Waals surface area (Å²) in [5.41, 5.74) is 6.45. The highest BCUT2D eigenvalue weighted by atomic mass is 35.5. The van der Waals surface area contributed by atoms with Crippen molar-refractivity contribution in [1.82, 2.24) is 0 Å². The van der Waals surface area contributed by atoms with E-state index in [9.17, 15) is 9.90 Å². The van der Waals surface area contributed by atoms with Crippen molar-refractivity contribution >= 4 is 17.6 Å². The summed E-state index contributed by atoms with van der Waals surface area (Å²) in [4.78, 5) is 11.5. The van der Waals surface area contributed by atoms with Crippen LogP contribution in [0.1, 0.15) is 34.8 Å². The number of benzene rings is 2. The Kier molecular flexibility index (Phi) is 6.64. The number of nitrogens with two attached hydrogens (primary N) is 1. The van der Waals surface area contributed by atoms with Crippen LogP contribution in [0.2, 0.25) is 5.02 Å². The molecular weight excluding hydrogens is 354 g/mol. The summed E-state index contributed by atoms with van der Waals surface area (Å²) >= 11 is 5.97. The van der Waals surface area contributed by atoms with Crippen molar-refractivity contribution < 1.29 is 19.4 Å². The highest BCUT2D eigenvalue weighted by Gasteiger charge is 2.27. The number of rotatable bonds is 7. The van der Waals surface area contributed by atoms with Gasteiger partial charge in [-0.3, -0.25) is 5.73 Å². The van der Waals surface area contributed by atoms with Crippen molar-refractivity contribution in [2.24, 2.45) is 11.7 Å². The molecule has 0 aliphatic carbocycles. The van der Waals surface area contributed by atoms with Crippen LogP contribution in [0.3, 0.4) is 0 Å². The second-order valence-electron chi connectivity index (χ2n) is 6.53. The first-order valence-corrected chi connectivity index (χ1v) is 8.70. The second kappa shape index (κ2) is 8.54. The van der Waals surface area contributed by atoms with Gasteiger partial charge in [0.25, 0.3) is 0 Å². The number of aliphatic hydroxyl groups is 1. The van der Waals surface area contributed by atoms with E-state index >= 15 is 0 Å². The SMILES string of the molecule is COC(=O)c1ccc(OCC(C)CC(N)(O)c2cccc(Cl)c2)c(C)c1. The third kappa shape index (κ3) is 5.21. The number of aryl methyl sites for hydroxylation is 1. The molecule has 2 aromatic rings. The molecule has 0 radical (unpaired) electrons. The Labute approximate surface area is 158 Å². The lowest BCUT2D eigenvalue weighted by molar-refractivity contribution is 0.0126. The first-order valence-electron chi connectivity index (χ1n) is 8.32. The van der Waals surface area contributed by atoms with E-state index in [1.165, 1.54) is 7.11 Å². The Hall–Kier alpha value is -2.08. The standard InChI is InChI=1S/C20H24ClNO4/c1-13(11-20(22,24)16-5-4-6-17(21)10-16)12-26-18-8-7-15(9-14(18)2)19(23)25-3/h4-10,13,24H,11-12,22H2,1-3H3. The lowest BCUT2D eigenvalue weighted by Gasteiger charge is -2.27. The van der Waals surface area contributed by atoms with Gasteiger partial charge in [-0.1, -0.05) is 30.7 Å². The van der Waals surface area contributed by atoms with E-state index in [1.54, 1.807) is 42.5 Å². The molecule has 2 unspecified atom stereocenters. The Balaban J connectivity index is 1.98. The minimum absolute atomic E-state index is 0.0105. The second-order valence-corrected chi connectivity index (χ2v) is 6.96. The molecule has 26 heavy (non-hydrogen) atoms. The van der Waals surface area contributed by atoms with Gasteiger partial charge in [0.15, 0.2) is 0 Å². The fourth-order valence-corrected chi connectivity index (χ4v) is 2.94. The van der Waals surface area contributed by atoms with E-state index in [2.05, 4.69) is 0 Å². The number of hydrogen-bond donors (Lipinski definition) is 2. The smallest absolute Gasteiger partial charge is 0.337 e. The molecule has 0 saturated heterocycles. The Morgan fingerprint density at radius 1 is 1.31 bits per heavy atom. The van der Waals surface area contributed by atoms with Gasteiger partial charge in [0, 0.05) is 5.02 Å². The van der Waals surface area contributed by atoms with E-state index in [-0.39, 0.29) is 11.9 Å². The highest BCUT2D eigenvalue weighted by molar-refractivity contribution is 6.30. The molecule has 6 heteroatoms. The summed E-state index contributed by atoms with van der Waals surface area (Å²) in [6, 6.07) is 12.0. The summed E-state index contributed by atoms with van der Waals surface area (Å²) in [5, 5.41) is 11.1.